The van der Waals surface area contributed by atoms with Gasteiger partial charge in [-0.15, -0.1) is 0 Å². The van der Waals surface area contributed by atoms with Crippen LogP contribution in [-0.2, 0) is 32.9 Å². The largest absolute Gasteiger partial charge is 0.481 e. The molecule has 0 radical (unpaired) electrons. The fourth-order valence-electron chi connectivity index (χ4n) is 6.00. The molecule has 1 heterocycles. The Morgan fingerprint density at radius 2 is 1.82 bits per heavy atom. The summed E-state index contributed by atoms with van der Waals surface area (Å²) >= 11 is 0. The van der Waals surface area contributed by atoms with Gasteiger partial charge >= 0.3 is 5.97 Å². The van der Waals surface area contributed by atoms with Crippen molar-refractivity contribution in [1.29, 1.82) is 0 Å². The maximum absolute atomic E-state index is 12.7. The molecule has 1 saturated heterocycles. The summed E-state index contributed by atoms with van der Waals surface area (Å²) < 4.78 is 35.1. The zero-order valence-corrected chi connectivity index (χ0v) is 25.6. The van der Waals surface area contributed by atoms with E-state index in [4.69, 9.17) is 28.1 Å². The van der Waals surface area contributed by atoms with Crippen molar-refractivity contribution in [3.8, 4) is 0 Å². The van der Waals surface area contributed by atoms with E-state index in [2.05, 4.69) is 52.9 Å². The van der Waals surface area contributed by atoms with Crippen molar-refractivity contribution >= 4 is 14.3 Å². The van der Waals surface area contributed by atoms with E-state index in [1.165, 1.54) is 0 Å². The van der Waals surface area contributed by atoms with Gasteiger partial charge in [-0.3, -0.25) is 4.79 Å². The summed E-state index contributed by atoms with van der Waals surface area (Å²) in [6.07, 6.45) is 8.38. The average Bonchev–Trinajstić information content (AvgIpc) is 3.46. The number of hydrogen-bond donors (Lipinski definition) is 1. The standard InChI is InChI=1S/C29H52O8Si/c1-20(8-13-26-34-16-17-35-26)27(28(30)31)21-9-10-22-23(11-12-24(22)36-19-33-15-14-32-5)25(18-21)37-38(6,7)29(2,3)4/h9-10,20-27H,8,11-19H2,1-7H3,(H,30,31)/t20-,21+,22+,23+,24-,25-,27-/m0/s1. The van der Waals surface area contributed by atoms with Crippen LogP contribution in [0.3, 0.4) is 0 Å². The van der Waals surface area contributed by atoms with E-state index in [0.717, 1.165) is 32.1 Å². The second-order valence-corrected chi connectivity index (χ2v) is 17.6. The Hall–Kier alpha value is -0.813. The van der Waals surface area contributed by atoms with Crippen LogP contribution in [0.5, 0.6) is 0 Å². The smallest absolute Gasteiger partial charge is 0.307 e. The van der Waals surface area contributed by atoms with Crippen LogP contribution in [0.4, 0.5) is 0 Å². The molecule has 0 amide bonds. The van der Waals surface area contributed by atoms with E-state index in [1.54, 1.807) is 7.11 Å². The highest BCUT2D eigenvalue weighted by Crippen LogP contribution is 2.47. The number of carboxylic acid groups (broad SMARTS) is 1. The number of allylic oxidation sites excluding steroid dienone is 1. The number of hydrogen-bond acceptors (Lipinski definition) is 7. The van der Waals surface area contributed by atoms with E-state index in [1.807, 2.05) is 0 Å². The Kier molecular flexibility index (Phi) is 11.8. The minimum atomic E-state index is -2.08. The zero-order valence-electron chi connectivity index (χ0n) is 24.6. The van der Waals surface area contributed by atoms with Crippen LogP contribution in [0.15, 0.2) is 12.2 Å². The normalized spacial score (nSPS) is 30.2. The van der Waals surface area contributed by atoms with Crippen LogP contribution < -0.4 is 0 Å². The number of methoxy groups -OCH3 is 1. The van der Waals surface area contributed by atoms with Gasteiger partial charge < -0.3 is 33.2 Å². The van der Waals surface area contributed by atoms with Gasteiger partial charge in [0.2, 0.25) is 0 Å². The van der Waals surface area contributed by atoms with Gasteiger partial charge in [-0.1, -0.05) is 39.8 Å². The minimum absolute atomic E-state index is 0.000509. The molecule has 7 atom stereocenters. The predicted octanol–water partition coefficient (Wildman–Crippen LogP) is 5.47. The van der Waals surface area contributed by atoms with Crippen molar-refractivity contribution in [3.63, 3.8) is 0 Å². The molecule has 0 aromatic rings. The molecule has 220 valence electrons. The fourth-order valence-corrected chi connectivity index (χ4v) is 7.38. The summed E-state index contributed by atoms with van der Waals surface area (Å²) in [5, 5.41) is 10.5. The molecule has 1 saturated carbocycles. The molecule has 0 unspecified atom stereocenters. The maximum atomic E-state index is 12.7. The molecule has 38 heavy (non-hydrogen) atoms. The van der Waals surface area contributed by atoms with Crippen LogP contribution in [0.1, 0.15) is 59.8 Å². The molecule has 0 bridgehead atoms. The van der Waals surface area contributed by atoms with Gasteiger partial charge in [0.15, 0.2) is 14.6 Å². The summed E-state index contributed by atoms with van der Waals surface area (Å²) in [6.45, 7) is 15.9. The van der Waals surface area contributed by atoms with Crippen LogP contribution >= 0.6 is 0 Å². The number of ether oxygens (including phenoxy) is 5. The zero-order chi connectivity index (χ0) is 27.9. The first kappa shape index (κ1) is 31.7. The SMILES string of the molecule is COCCOCO[C@H]1CC[C@@H]2[C@H]1C=C[C@@H]([C@@H](C(=O)O)[C@@H](C)CCC1OCCO1)C[C@@H]2O[Si](C)(C)C(C)(C)C. The number of carbonyl (C=O) groups is 1. The van der Waals surface area contributed by atoms with Crippen molar-refractivity contribution in [2.24, 2.45) is 29.6 Å². The molecule has 2 aliphatic carbocycles. The summed E-state index contributed by atoms with van der Waals surface area (Å²) in [5.41, 5.74) is 0. The Balaban J connectivity index is 1.78. The molecule has 9 heteroatoms. The van der Waals surface area contributed by atoms with Gasteiger partial charge in [0.1, 0.15) is 6.79 Å². The predicted molar refractivity (Wildman–Crippen MR) is 148 cm³/mol. The van der Waals surface area contributed by atoms with Crippen LogP contribution in [-0.4, -0.2) is 78.2 Å². The van der Waals surface area contributed by atoms with Gasteiger partial charge in [0.25, 0.3) is 0 Å². The summed E-state index contributed by atoms with van der Waals surface area (Å²) in [6, 6.07) is 0. The first-order valence-corrected chi connectivity index (χ1v) is 17.4. The molecule has 3 rings (SSSR count). The number of carboxylic acids is 1. The lowest BCUT2D eigenvalue weighted by molar-refractivity contribution is -0.146. The average molecular weight is 557 g/mol. The van der Waals surface area contributed by atoms with E-state index >= 15 is 0 Å². The van der Waals surface area contributed by atoms with Crippen molar-refractivity contribution in [2.45, 2.75) is 96.4 Å². The van der Waals surface area contributed by atoms with E-state index in [9.17, 15) is 9.90 Å². The van der Waals surface area contributed by atoms with Gasteiger partial charge in [0.05, 0.1) is 38.4 Å². The molecule has 1 N–H and O–H groups in total. The van der Waals surface area contributed by atoms with Gasteiger partial charge in [-0.05, 0) is 68.0 Å². The molecule has 8 nitrogen and oxygen atoms in total. The second kappa shape index (κ2) is 14.2. The highest BCUT2D eigenvalue weighted by Gasteiger charge is 2.48. The molecule has 2 fully saturated rings. The molecule has 0 aromatic heterocycles. The molecular formula is C29H52O8Si. The molecule has 3 aliphatic rings. The summed E-state index contributed by atoms with van der Waals surface area (Å²) in [7, 11) is -0.421. The Labute approximate surface area is 230 Å². The van der Waals surface area contributed by atoms with E-state index < -0.39 is 20.2 Å². The third-order valence-corrected chi connectivity index (χ3v) is 13.7. The Morgan fingerprint density at radius 3 is 2.45 bits per heavy atom. The lowest BCUT2D eigenvalue weighted by Gasteiger charge is -2.42. The minimum Gasteiger partial charge on any atom is -0.481 e. The lowest BCUT2D eigenvalue weighted by atomic mass is 9.77. The maximum Gasteiger partial charge on any atom is 0.307 e. The topological polar surface area (TPSA) is 92.7 Å². The summed E-state index contributed by atoms with van der Waals surface area (Å²) in [5.74, 6) is -0.855. The van der Waals surface area contributed by atoms with E-state index in [0.29, 0.717) is 32.3 Å². The second-order valence-electron chi connectivity index (χ2n) is 12.8. The van der Waals surface area contributed by atoms with Crippen molar-refractivity contribution < 1.29 is 38.0 Å². The number of rotatable bonds is 14. The van der Waals surface area contributed by atoms with Gasteiger partial charge in [-0.25, -0.2) is 0 Å². The highest BCUT2D eigenvalue weighted by atomic mass is 28.4. The van der Waals surface area contributed by atoms with Crippen molar-refractivity contribution in [2.75, 3.05) is 40.3 Å². The third-order valence-electron chi connectivity index (χ3n) is 9.23. The Bertz CT molecular complexity index is 760. The fraction of sp³-hybridized carbons (Fsp3) is 0.897. The highest BCUT2D eigenvalue weighted by molar-refractivity contribution is 6.74. The van der Waals surface area contributed by atoms with Crippen molar-refractivity contribution in [3.05, 3.63) is 12.2 Å². The Morgan fingerprint density at radius 1 is 1.11 bits per heavy atom. The molecular weight excluding hydrogens is 504 g/mol. The van der Waals surface area contributed by atoms with E-state index in [-0.39, 0.29) is 48.1 Å². The van der Waals surface area contributed by atoms with Crippen LogP contribution in [0.2, 0.25) is 18.1 Å². The van der Waals surface area contributed by atoms with Crippen molar-refractivity contribution in [1.82, 2.24) is 0 Å². The quantitative estimate of drug-likeness (QED) is 0.130. The number of aliphatic carboxylic acids is 1. The first-order chi connectivity index (χ1) is 17.9. The van der Waals surface area contributed by atoms with Gasteiger partial charge in [0, 0.05) is 19.1 Å². The van der Waals surface area contributed by atoms with Crippen LogP contribution in [0, 0.1) is 29.6 Å². The summed E-state index contributed by atoms with van der Waals surface area (Å²) in [4.78, 5) is 12.7. The monoisotopic (exact) mass is 556 g/mol. The molecule has 0 aromatic carbocycles. The molecule has 1 aliphatic heterocycles. The number of fused-ring (bicyclic) bond motifs is 1. The molecule has 0 spiro atoms. The first-order valence-electron chi connectivity index (χ1n) is 14.4. The van der Waals surface area contributed by atoms with Crippen LogP contribution in [0.25, 0.3) is 0 Å². The third kappa shape index (κ3) is 8.35. The van der Waals surface area contributed by atoms with Gasteiger partial charge in [-0.2, -0.15) is 0 Å². The lowest BCUT2D eigenvalue weighted by Crippen LogP contribution is -2.47.